The van der Waals surface area contributed by atoms with Crippen molar-refractivity contribution in [2.24, 2.45) is 0 Å². The lowest BCUT2D eigenvalue weighted by atomic mass is 9.85. The maximum absolute atomic E-state index is 12.5. The summed E-state index contributed by atoms with van der Waals surface area (Å²) in [5.41, 5.74) is 2.25. The first-order valence-electron chi connectivity index (χ1n) is 9.52. The average molecular weight is 360 g/mol. The molecular weight excluding hydrogens is 328 g/mol. The SMILES string of the molecule is CCCC(=O)N1CCN(C(=O)COc2ccc(C)cc2C(C)(C)C)CC1. The zero-order valence-electron chi connectivity index (χ0n) is 16.8. The maximum atomic E-state index is 12.5. The fraction of sp³-hybridized carbons (Fsp3) is 0.619. The van der Waals surface area contributed by atoms with Gasteiger partial charge in [-0.25, -0.2) is 0 Å². The second-order valence-corrected chi connectivity index (χ2v) is 8.05. The highest BCUT2D eigenvalue weighted by Gasteiger charge is 2.25. The molecule has 1 aromatic rings. The van der Waals surface area contributed by atoms with Gasteiger partial charge >= 0.3 is 0 Å². The molecule has 0 atom stereocenters. The Morgan fingerprint density at radius 1 is 1.04 bits per heavy atom. The van der Waals surface area contributed by atoms with Gasteiger partial charge in [-0.05, 0) is 30.4 Å². The van der Waals surface area contributed by atoms with Gasteiger partial charge in [-0.2, -0.15) is 0 Å². The minimum Gasteiger partial charge on any atom is -0.483 e. The molecule has 0 saturated carbocycles. The second-order valence-electron chi connectivity index (χ2n) is 8.05. The van der Waals surface area contributed by atoms with E-state index in [1.165, 1.54) is 5.56 Å². The lowest BCUT2D eigenvalue weighted by Gasteiger charge is -2.35. The number of carbonyl (C=O) groups excluding carboxylic acids is 2. The first-order valence-corrected chi connectivity index (χ1v) is 9.52. The van der Waals surface area contributed by atoms with Gasteiger partial charge in [-0.1, -0.05) is 45.4 Å². The Morgan fingerprint density at radius 3 is 2.15 bits per heavy atom. The molecule has 26 heavy (non-hydrogen) atoms. The minimum absolute atomic E-state index is 0.0203. The van der Waals surface area contributed by atoms with E-state index < -0.39 is 0 Å². The van der Waals surface area contributed by atoms with Crippen molar-refractivity contribution in [3.05, 3.63) is 29.3 Å². The molecule has 1 heterocycles. The Morgan fingerprint density at radius 2 is 1.62 bits per heavy atom. The van der Waals surface area contributed by atoms with Crippen LogP contribution in [0.15, 0.2) is 18.2 Å². The number of benzene rings is 1. The van der Waals surface area contributed by atoms with Gasteiger partial charge in [0.2, 0.25) is 5.91 Å². The molecule has 2 amide bonds. The van der Waals surface area contributed by atoms with Gasteiger partial charge < -0.3 is 14.5 Å². The number of ether oxygens (including phenoxy) is 1. The third-order valence-corrected chi connectivity index (χ3v) is 4.74. The number of nitrogens with zero attached hydrogens (tertiary/aromatic N) is 2. The number of carbonyl (C=O) groups is 2. The van der Waals surface area contributed by atoms with Crippen LogP contribution in [0.1, 0.15) is 51.7 Å². The number of piperazine rings is 1. The first kappa shape index (κ1) is 20.3. The van der Waals surface area contributed by atoms with Crippen molar-refractivity contribution in [2.45, 2.75) is 52.9 Å². The molecule has 0 spiro atoms. The van der Waals surface area contributed by atoms with Gasteiger partial charge in [-0.15, -0.1) is 0 Å². The van der Waals surface area contributed by atoms with Crippen molar-refractivity contribution in [2.75, 3.05) is 32.8 Å². The molecule has 0 bridgehead atoms. The van der Waals surface area contributed by atoms with E-state index in [1.807, 2.05) is 24.0 Å². The Kier molecular flexibility index (Phi) is 6.68. The Balaban J connectivity index is 1.91. The number of hydrogen-bond acceptors (Lipinski definition) is 3. The topological polar surface area (TPSA) is 49.9 Å². The Bertz CT molecular complexity index is 641. The third-order valence-electron chi connectivity index (χ3n) is 4.74. The lowest BCUT2D eigenvalue weighted by molar-refractivity contribution is -0.140. The summed E-state index contributed by atoms with van der Waals surface area (Å²) in [6.45, 7) is 12.9. The smallest absolute Gasteiger partial charge is 0.260 e. The molecule has 5 nitrogen and oxygen atoms in total. The molecule has 5 heteroatoms. The Labute approximate surface area is 157 Å². The molecule has 0 radical (unpaired) electrons. The van der Waals surface area contributed by atoms with Crippen molar-refractivity contribution in [3.8, 4) is 5.75 Å². The van der Waals surface area contributed by atoms with Gasteiger partial charge in [-0.3, -0.25) is 9.59 Å². The number of amides is 2. The van der Waals surface area contributed by atoms with Crippen molar-refractivity contribution in [1.29, 1.82) is 0 Å². The van der Waals surface area contributed by atoms with E-state index in [-0.39, 0.29) is 23.8 Å². The molecule has 1 fully saturated rings. The van der Waals surface area contributed by atoms with Crippen LogP contribution in [0.2, 0.25) is 0 Å². The molecule has 144 valence electrons. The first-order chi connectivity index (χ1) is 12.2. The van der Waals surface area contributed by atoms with Gasteiger partial charge in [0.25, 0.3) is 5.91 Å². The average Bonchev–Trinajstić information content (AvgIpc) is 2.60. The van der Waals surface area contributed by atoms with E-state index in [0.29, 0.717) is 32.6 Å². The molecule has 2 rings (SSSR count). The second kappa shape index (κ2) is 8.56. The molecular formula is C21H32N2O3. The molecule has 0 unspecified atom stereocenters. The highest BCUT2D eigenvalue weighted by Crippen LogP contribution is 2.32. The maximum Gasteiger partial charge on any atom is 0.260 e. The van der Waals surface area contributed by atoms with Crippen LogP contribution in [-0.4, -0.2) is 54.4 Å². The summed E-state index contributed by atoms with van der Waals surface area (Å²) in [4.78, 5) is 28.1. The monoisotopic (exact) mass is 360 g/mol. The highest BCUT2D eigenvalue weighted by atomic mass is 16.5. The van der Waals surface area contributed by atoms with Crippen LogP contribution in [0.3, 0.4) is 0 Å². The van der Waals surface area contributed by atoms with E-state index in [4.69, 9.17) is 4.74 Å². The summed E-state index contributed by atoms with van der Waals surface area (Å²) >= 11 is 0. The minimum atomic E-state index is -0.0460. The third kappa shape index (κ3) is 5.23. The zero-order valence-corrected chi connectivity index (χ0v) is 16.8. The quantitative estimate of drug-likeness (QED) is 0.810. The van der Waals surface area contributed by atoms with Crippen LogP contribution in [-0.2, 0) is 15.0 Å². The summed E-state index contributed by atoms with van der Waals surface area (Å²) in [6.07, 6.45) is 1.44. The van der Waals surface area contributed by atoms with Crippen molar-refractivity contribution >= 4 is 11.8 Å². The standard InChI is InChI=1S/C21H32N2O3/c1-6-7-19(24)22-10-12-23(13-11-22)20(25)15-26-18-9-8-16(2)14-17(18)21(3,4)5/h8-9,14H,6-7,10-13,15H2,1-5H3. The van der Waals surface area contributed by atoms with Crippen LogP contribution in [0, 0.1) is 6.92 Å². The van der Waals surface area contributed by atoms with E-state index in [9.17, 15) is 9.59 Å². The van der Waals surface area contributed by atoms with Crippen LogP contribution < -0.4 is 4.74 Å². The number of aryl methyl sites for hydroxylation is 1. The summed E-state index contributed by atoms with van der Waals surface area (Å²) in [5, 5.41) is 0. The summed E-state index contributed by atoms with van der Waals surface area (Å²) < 4.78 is 5.87. The largest absolute Gasteiger partial charge is 0.483 e. The van der Waals surface area contributed by atoms with E-state index in [0.717, 1.165) is 17.7 Å². The molecule has 0 N–H and O–H groups in total. The fourth-order valence-electron chi connectivity index (χ4n) is 3.16. The van der Waals surface area contributed by atoms with E-state index in [2.05, 4.69) is 33.8 Å². The normalized spacial score (nSPS) is 15.1. The van der Waals surface area contributed by atoms with Crippen molar-refractivity contribution < 1.29 is 14.3 Å². The molecule has 0 aromatic heterocycles. The molecule has 1 saturated heterocycles. The summed E-state index contributed by atoms with van der Waals surface area (Å²) in [6, 6.07) is 6.08. The van der Waals surface area contributed by atoms with Crippen LogP contribution in [0.25, 0.3) is 0 Å². The lowest BCUT2D eigenvalue weighted by Crippen LogP contribution is -2.51. The fourth-order valence-corrected chi connectivity index (χ4v) is 3.16. The summed E-state index contributed by atoms with van der Waals surface area (Å²) in [7, 11) is 0. The van der Waals surface area contributed by atoms with Gasteiger partial charge in [0, 0.05) is 32.6 Å². The van der Waals surface area contributed by atoms with Crippen molar-refractivity contribution in [3.63, 3.8) is 0 Å². The van der Waals surface area contributed by atoms with E-state index in [1.54, 1.807) is 4.90 Å². The molecule has 1 aliphatic heterocycles. The van der Waals surface area contributed by atoms with Gasteiger partial charge in [0.05, 0.1) is 0 Å². The predicted molar refractivity (Wildman–Crippen MR) is 103 cm³/mol. The van der Waals surface area contributed by atoms with E-state index >= 15 is 0 Å². The summed E-state index contributed by atoms with van der Waals surface area (Å²) in [5.74, 6) is 0.937. The molecule has 1 aromatic carbocycles. The van der Waals surface area contributed by atoms with Crippen LogP contribution >= 0.6 is 0 Å². The zero-order chi connectivity index (χ0) is 19.3. The van der Waals surface area contributed by atoms with Gasteiger partial charge in [0.1, 0.15) is 5.75 Å². The predicted octanol–water partition coefficient (Wildman–Crippen LogP) is 3.14. The van der Waals surface area contributed by atoms with Crippen molar-refractivity contribution in [1.82, 2.24) is 9.80 Å². The van der Waals surface area contributed by atoms with Crippen LogP contribution in [0.4, 0.5) is 0 Å². The van der Waals surface area contributed by atoms with Gasteiger partial charge in [0.15, 0.2) is 6.61 Å². The Hall–Kier alpha value is -2.04. The highest BCUT2D eigenvalue weighted by molar-refractivity contribution is 5.79. The number of hydrogen-bond donors (Lipinski definition) is 0. The van der Waals surface area contributed by atoms with Crippen LogP contribution in [0.5, 0.6) is 5.75 Å². The number of rotatable bonds is 5. The molecule has 1 aliphatic rings. The molecule has 0 aliphatic carbocycles.